The molecule has 1 amide bonds. The summed E-state index contributed by atoms with van der Waals surface area (Å²) in [5.74, 6) is -3.38. The Labute approximate surface area is 132 Å². The summed E-state index contributed by atoms with van der Waals surface area (Å²) in [6, 6.07) is 9.14. The van der Waals surface area contributed by atoms with Crippen molar-refractivity contribution in [1.82, 2.24) is 9.88 Å². The molecule has 0 aromatic carbocycles. The molecule has 8 heteroatoms. The first-order valence-electron chi connectivity index (χ1n) is 6.57. The van der Waals surface area contributed by atoms with Crippen LogP contribution in [0.2, 0.25) is 0 Å². The summed E-state index contributed by atoms with van der Waals surface area (Å²) in [6.07, 6.45) is 3.99. The molecule has 122 valence electrons. The van der Waals surface area contributed by atoms with E-state index in [1.54, 1.807) is 30.3 Å². The molecule has 2 N–H and O–H groups in total. The van der Waals surface area contributed by atoms with E-state index in [0.717, 1.165) is 12.1 Å². The van der Waals surface area contributed by atoms with Gasteiger partial charge in [-0.25, -0.2) is 9.59 Å². The smallest absolute Gasteiger partial charge is 0.414 e. The van der Waals surface area contributed by atoms with Gasteiger partial charge in [-0.2, -0.15) is 0 Å². The number of hydrogen-bond acceptors (Lipinski definition) is 5. The van der Waals surface area contributed by atoms with Crippen molar-refractivity contribution in [2.45, 2.75) is 6.42 Å². The molecule has 0 saturated carbocycles. The van der Waals surface area contributed by atoms with Gasteiger partial charge >= 0.3 is 11.9 Å². The number of carboxylic acid groups (broad SMARTS) is 2. The van der Waals surface area contributed by atoms with Crippen molar-refractivity contribution >= 4 is 17.8 Å². The van der Waals surface area contributed by atoms with Gasteiger partial charge in [-0.15, -0.1) is 0 Å². The maximum atomic E-state index is 11.8. The average molecular weight is 320 g/mol. The number of carboxylic acids is 2. The number of nitrogens with zero attached hydrogens (tertiary/aromatic N) is 2. The van der Waals surface area contributed by atoms with Crippen LogP contribution in [0, 0.1) is 0 Å². The third-order valence-corrected chi connectivity index (χ3v) is 2.69. The van der Waals surface area contributed by atoms with Crippen LogP contribution in [0.15, 0.2) is 47.2 Å². The van der Waals surface area contributed by atoms with Crippen molar-refractivity contribution in [3.05, 3.63) is 54.2 Å². The molecule has 0 fully saturated rings. The van der Waals surface area contributed by atoms with Gasteiger partial charge in [-0.3, -0.25) is 9.78 Å². The van der Waals surface area contributed by atoms with E-state index >= 15 is 0 Å². The normalized spacial score (nSPS) is 9.43. The van der Waals surface area contributed by atoms with Crippen molar-refractivity contribution in [2.75, 3.05) is 13.6 Å². The summed E-state index contributed by atoms with van der Waals surface area (Å²) >= 11 is 0. The number of hydrogen-bond donors (Lipinski definition) is 2. The fourth-order valence-electron chi connectivity index (χ4n) is 1.52. The van der Waals surface area contributed by atoms with Crippen LogP contribution < -0.4 is 0 Å². The van der Waals surface area contributed by atoms with Crippen LogP contribution in [0.1, 0.15) is 16.2 Å². The third kappa shape index (κ3) is 6.42. The zero-order valence-electron chi connectivity index (χ0n) is 12.4. The van der Waals surface area contributed by atoms with Gasteiger partial charge < -0.3 is 19.5 Å². The lowest BCUT2D eigenvalue weighted by atomic mass is 10.2. The highest BCUT2D eigenvalue weighted by atomic mass is 16.4. The van der Waals surface area contributed by atoms with E-state index in [1.165, 1.54) is 6.26 Å². The van der Waals surface area contributed by atoms with E-state index in [4.69, 9.17) is 24.2 Å². The zero-order chi connectivity index (χ0) is 17.2. The molecule has 23 heavy (non-hydrogen) atoms. The highest BCUT2D eigenvalue weighted by molar-refractivity contribution is 6.27. The Bertz CT molecular complexity index is 627. The fraction of sp³-hybridized carbons (Fsp3) is 0.200. The van der Waals surface area contributed by atoms with Crippen LogP contribution >= 0.6 is 0 Å². The Balaban J connectivity index is 0.000000379. The number of carbonyl (C=O) groups excluding carboxylic acids is 1. The van der Waals surface area contributed by atoms with Crippen LogP contribution in [0.3, 0.4) is 0 Å². The lowest BCUT2D eigenvalue weighted by Gasteiger charge is -2.15. The Morgan fingerprint density at radius 2 is 1.83 bits per heavy atom. The Hall–Kier alpha value is -3.16. The first-order chi connectivity index (χ1) is 10.9. The molecule has 0 atom stereocenters. The molecule has 8 nitrogen and oxygen atoms in total. The quantitative estimate of drug-likeness (QED) is 0.810. The summed E-state index contributed by atoms with van der Waals surface area (Å²) in [7, 11) is 1.76. The van der Waals surface area contributed by atoms with E-state index in [9.17, 15) is 4.79 Å². The van der Waals surface area contributed by atoms with E-state index in [0.29, 0.717) is 12.3 Å². The average Bonchev–Trinajstić information content (AvgIpc) is 3.07. The molecule has 2 heterocycles. The maximum absolute atomic E-state index is 11.8. The zero-order valence-corrected chi connectivity index (χ0v) is 12.4. The number of furan rings is 1. The second kappa shape index (κ2) is 8.98. The number of pyridine rings is 1. The largest absolute Gasteiger partial charge is 0.473 e. The highest BCUT2D eigenvalue weighted by Crippen LogP contribution is 2.05. The molecule has 0 spiro atoms. The standard InChI is InChI=1S/C13H14N2O2.C2H2O4/c1-15(13(16)12-6-4-10-17-12)9-7-11-5-2-3-8-14-11;3-1(4)2(5)6/h2-6,8,10H,7,9H2,1H3;(H,3,4)(H,5,6). The van der Waals surface area contributed by atoms with E-state index < -0.39 is 11.9 Å². The number of likely N-dealkylation sites (N-methyl/N-ethyl adjacent to an activating group) is 1. The molecule has 2 rings (SSSR count). The highest BCUT2D eigenvalue weighted by Gasteiger charge is 2.13. The Morgan fingerprint density at radius 3 is 2.30 bits per heavy atom. The van der Waals surface area contributed by atoms with Crippen molar-refractivity contribution < 1.29 is 29.0 Å². The Kier molecular flexibility index (Phi) is 6.99. The summed E-state index contributed by atoms with van der Waals surface area (Å²) in [4.78, 5) is 35.9. The van der Waals surface area contributed by atoms with Crippen LogP contribution in [0.4, 0.5) is 0 Å². The summed E-state index contributed by atoms with van der Waals surface area (Å²) < 4.78 is 5.06. The van der Waals surface area contributed by atoms with Gasteiger partial charge in [0.2, 0.25) is 0 Å². The molecule has 2 aromatic heterocycles. The second-order valence-electron chi connectivity index (χ2n) is 4.39. The summed E-state index contributed by atoms with van der Waals surface area (Å²) in [5, 5.41) is 14.8. The fourth-order valence-corrected chi connectivity index (χ4v) is 1.52. The van der Waals surface area contributed by atoms with E-state index in [2.05, 4.69) is 4.98 Å². The van der Waals surface area contributed by atoms with Crippen LogP contribution in [-0.2, 0) is 16.0 Å². The van der Waals surface area contributed by atoms with Gasteiger partial charge in [0, 0.05) is 31.9 Å². The lowest BCUT2D eigenvalue weighted by Crippen LogP contribution is -2.28. The number of rotatable bonds is 4. The van der Waals surface area contributed by atoms with Crippen LogP contribution in [0.25, 0.3) is 0 Å². The summed E-state index contributed by atoms with van der Waals surface area (Å²) in [5.41, 5.74) is 0.978. The van der Waals surface area contributed by atoms with Gasteiger partial charge in [0.25, 0.3) is 5.91 Å². The van der Waals surface area contributed by atoms with Gasteiger partial charge in [-0.1, -0.05) is 6.07 Å². The van der Waals surface area contributed by atoms with Gasteiger partial charge in [0.15, 0.2) is 5.76 Å². The van der Waals surface area contributed by atoms with Crippen molar-refractivity contribution in [3.8, 4) is 0 Å². The molecule has 0 aliphatic rings. The monoisotopic (exact) mass is 320 g/mol. The SMILES string of the molecule is CN(CCc1ccccn1)C(=O)c1ccco1.O=C(O)C(=O)O. The Morgan fingerprint density at radius 1 is 1.13 bits per heavy atom. The minimum atomic E-state index is -1.82. The molecule has 0 aliphatic heterocycles. The number of carbonyl (C=O) groups is 3. The predicted octanol–water partition coefficient (Wildman–Crippen LogP) is 1.14. The van der Waals surface area contributed by atoms with Crippen LogP contribution in [0.5, 0.6) is 0 Å². The third-order valence-electron chi connectivity index (χ3n) is 2.69. The summed E-state index contributed by atoms with van der Waals surface area (Å²) in [6.45, 7) is 0.622. The first-order valence-corrected chi connectivity index (χ1v) is 6.57. The first kappa shape index (κ1) is 17.9. The molecule has 0 unspecified atom stereocenters. The minimum absolute atomic E-state index is 0.106. The van der Waals surface area contributed by atoms with E-state index in [1.807, 2.05) is 18.2 Å². The molecular weight excluding hydrogens is 304 g/mol. The molecule has 0 radical (unpaired) electrons. The molecule has 0 bridgehead atoms. The predicted molar refractivity (Wildman–Crippen MR) is 78.9 cm³/mol. The van der Waals surface area contributed by atoms with Gasteiger partial charge in [0.05, 0.1) is 6.26 Å². The van der Waals surface area contributed by atoms with Crippen molar-refractivity contribution in [3.63, 3.8) is 0 Å². The van der Waals surface area contributed by atoms with Crippen LogP contribution in [-0.4, -0.2) is 51.5 Å². The van der Waals surface area contributed by atoms with Crippen molar-refractivity contribution in [2.24, 2.45) is 0 Å². The van der Waals surface area contributed by atoms with Crippen molar-refractivity contribution in [1.29, 1.82) is 0 Å². The number of aromatic nitrogens is 1. The molecular formula is C15H16N2O6. The molecule has 0 aliphatic carbocycles. The van der Waals surface area contributed by atoms with E-state index in [-0.39, 0.29) is 5.91 Å². The number of aliphatic carboxylic acids is 2. The van der Waals surface area contributed by atoms with Gasteiger partial charge in [-0.05, 0) is 24.3 Å². The number of amides is 1. The second-order valence-corrected chi connectivity index (χ2v) is 4.39. The molecule has 0 saturated heterocycles. The minimum Gasteiger partial charge on any atom is -0.473 e. The molecule has 2 aromatic rings. The maximum Gasteiger partial charge on any atom is 0.414 e. The topological polar surface area (TPSA) is 121 Å². The lowest BCUT2D eigenvalue weighted by molar-refractivity contribution is -0.159. The van der Waals surface area contributed by atoms with Gasteiger partial charge in [0.1, 0.15) is 0 Å².